The third-order valence-corrected chi connectivity index (χ3v) is 3.70. The van der Waals surface area contributed by atoms with Gasteiger partial charge in [0.1, 0.15) is 11.3 Å². The molecule has 2 N–H and O–H groups in total. The molecule has 1 unspecified atom stereocenters. The van der Waals surface area contributed by atoms with E-state index in [1.54, 1.807) is 12.1 Å². The maximum absolute atomic E-state index is 11.6. The number of methoxy groups -OCH3 is 1. The molecule has 1 heterocycles. The number of ether oxygens (including phenoxy) is 1. The fourth-order valence-electron chi connectivity index (χ4n) is 2.37. The van der Waals surface area contributed by atoms with Crippen molar-refractivity contribution >= 4 is 11.9 Å². The molecule has 2 rings (SSSR count). The number of carbonyl (C=O) groups excluding carboxylic acids is 2. The highest BCUT2D eigenvalue weighted by molar-refractivity contribution is 5.92. The van der Waals surface area contributed by atoms with Gasteiger partial charge in [0, 0.05) is 32.1 Å². The van der Waals surface area contributed by atoms with Crippen LogP contribution in [0.15, 0.2) is 18.2 Å². The van der Waals surface area contributed by atoms with Crippen LogP contribution in [0.1, 0.15) is 29.3 Å². The lowest BCUT2D eigenvalue weighted by molar-refractivity contribution is -0.120. The predicted octanol–water partition coefficient (Wildman–Crippen LogP) is 0.889. The van der Waals surface area contributed by atoms with Crippen molar-refractivity contribution in [2.24, 2.45) is 0 Å². The summed E-state index contributed by atoms with van der Waals surface area (Å²) in [5.41, 5.74) is 1.06. The Bertz CT molecular complexity index is 544. The Hall–Kier alpha value is -2.08. The molecular formula is C15H20N2O4. The van der Waals surface area contributed by atoms with E-state index in [0.29, 0.717) is 26.1 Å². The molecule has 0 aliphatic carbocycles. The molecule has 1 aromatic carbocycles. The maximum Gasteiger partial charge on any atom is 0.341 e. The van der Waals surface area contributed by atoms with Gasteiger partial charge in [-0.05, 0) is 24.6 Å². The molecule has 0 radical (unpaired) electrons. The van der Waals surface area contributed by atoms with E-state index >= 15 is 0 Å². The zero-order valence-electron chi connectivity index (χ0n) is 12.3. The number of esters is 1. The van der Waals surface area contributed by atoms with Gasteiger partial charge < -0.3 is 15.2 Å². The molecule has 21 heavy (non-hydrogen) atoms. The van der Waals surface area contributed by atoms with Gasteiger partial charge in [0.05, 0.1) is 7.11 Å². The Kier molecular flexibility index (Phi) is 4.80. The fraction of sp³-hybridized carbons (Fsp3) is 0.467. The van der Waals surface area contributed by atoms with Gasteiger partial charge in [-0.25, -0.2) is 4.79 Å². The summed E-state index contributed by atoms with van der Waals surface area (Å²) in [5.74, 6) is -0.591. The van der Waals surface area contributed by atoms with Crippen LogP contribution >= 0.6 is 0 Å². The van der Waals surface area contributed by atoms with Crippen molar-refractivity contribution in [2.75, 3.05) is 20.2 Å². The van der Waals surface area contributed by atoms with Crippen LogP contribution in [-0.2, 0) is 16.1 Å². The molecule has 1 aliphatic heterocycles. The average Bonchev–Trinajstić information content (AvgIpc) is 2.64. The zero-order chi connectivity index (χ0) is 15.4. The summed E-state index contributed by atoms with van der Waals surface area (Å²) < 4.78 is 4.65. The van der Waals surface area contributed by atoms with Crippen LogP contribution in [0.25, 0.3) is 0 Å². The van der Waals surface area contributed by atoms with Crippen molar-refractivity contribution in [1.82, 2.24) is 10.2 Å². The Balaban J connectivity index is 2.15. The number of hydrogen-bond acceptors (Lipinski definition) is 5. The summed E-state index contributed by atoms with van der Waals surface area (Å²) in [6.07, 6.45) is 0.465. The van der Waals surface area contributed by atoms with Crippen LogP contribution in [0.5, 0.6) is 5.75 Å². The van der Waals surface area contributed by atoms with Crippen LogP contribution in [0.2, 0.25) is 0 Å². The number of nitrogens with zero attached hydrogens (tertiary/aromatic N) is 1. The molecule has 0 saturated carbocycles. The molecule has 1 atom stereocenters. The Morgan fingerprint density at radius 3 is 3.00 bits per heavy atom. The van der Waals surface area contributed by atoms with Crippen LogP contribution < -0.4 is 5.32 Å². The van der Waals surface area contributed by atoms with Crippen molar-refractivity contribution in [3.63, 3.8) is 0 Å². The standard InChI is InChI=1S/C15H20N2O4/c1-10-8-16-14(19)5-6-17(10)9-11-3-4-13(18)12(7-11)15(20)21-2/h3-4,7,10,18H,5-6,8-9H2,1-2H3,(H,16,19). The SMILES string of the molecule is COC(=O)c1cc(CN2CCC(=O)NCC2C)ccc1O. The van der Waals surface area contributed by atoms with Crippen molar-refractivity contribution in [1.29, 1.82) is 0 Å². The normalized spacial score (nSPS) is 19.7. The molecule has 1 aliphatic rings. The van der Waals surface area contributed by atoms with Crippen molar-refractivity contribution in [3.05, 3.63) is 29.3 Å². The van der Waals surface area contributed by atoms with Crippen LogP contribution in [0.3, 0.4) is 0 Å². The molecule has 6 heteroatoms. The van der Waals surface area contributed by atoms with Gasteiger partial charge in [-0.1, -0.05) is 6.07 Å². The average molecular weight is 292 g/mol. The minimum absolute atomic E-state index is 0.0605. The fourth-order valence-corrected chi connectivity index (χ4v) is 2.37. The number of nitrogens with one attached hydrogen (secondary N) is 1. The lowest BCUT2D eigenvalue weighted by Crippen LogP contribution is -2.37. The second-order valence-corrected chi connectivity index (χ2v) is 5.22. The summed E-state index contributed by atoms with van der Waals surface area (Å²) in [4.78, 5) is 25.2. The van der Waals surface area contributed by atoms with Crippen LogP contribution in [0.4, 0.5) is 0 Å². The molecule has 0 aromatic heterocycles. The summed E-state index contributed by atoms with van der Waals surface area (Å²) in [5, 5.41) is 12.6. The zero-order valence-corrected chi connectivity index (χ0v) is 12.3. The third-order valence-electron chi connectivity index (χ3n) is 3.70. The highest BCUT2D eigenvalue weighted by Crippen LogP contribution is 2.21. The van der Waals surface area contributed by atoms with Crippen molar-refractivity contribution in [2.45, 2.75) is 25.9 Å². The largest absolute Gasteiger partial charge is 0.507 e. The molecular weight excluding hydrogens is 272 g/mol. The molecule has 1 fully saturated rings. The highest BCUT2D eigenvalue weighted by Gasteiger charge is 2.21. The van der Waals surface area contributed by atoms with Gasteiger partial charge in [-0.15, -0.1) is 0 Å². The van der Waals surface area contributed by atoms with E-state index < -0.39 is 5.97 Å². The molecule has 0 bridgehead atoms. The molecule has 1 aromatic rings. The first-order chi connectivity index (χ1) is 10.0. The first kappa shape index (κ1) is 15.3. The Morgan fingerprint density at radius 2 is 2.29 bits per heavy atom. The minimum atomic E-state index is -0.560. The highest BCUT2D eigenvalue weighted by atomic mass is 16.5. The molecule has 1 amide bonds. The lowest BCUT2D eigenvalue weighted by Gasteiger charge is -2.26. The third kappa shape index (κ3) is 3.72. The second-order valence-electron chi connectivity index (χ2n) is 5.22. The van der Waals surface area contributed by atoms with Gasteiger partial charge >= 0.3 is 5.97 Å². The number of carbonyl (C=O) groups is 2. The van der Waals surface area contributed by atoms with E-state index in [2.05, 4.69) is 15.0 Å². The number of rotatable bonds is 3. The van der Waals surface area contributed by atoms with Crippen LogP contribution in [0, 0.1) is 0 Å². The van der Waals surface area contributed by atoms with Gasteiger partial charge in [-0.3, -0.25) is 9.69 Å². The summed E-state index contributed by atoms with van der Waals surface area (Å²) in [6.45, 7) is 3.94. The number of benzene rings is 1. The number of amides is 1. The summed E-state index contributed by atoms with van der Waals surface area (Å²) in [6, 6.07) is 5.11. The first-order valence-electron chi connectivity index (χ1n) is 6.92. The van der Waals surface area contributed by atoms with E-state index in [4.69, 9.17) is 0 Å². The Morgan fingerprint density at radius 1 is 1.52 bits per heavy atom. The van der Waals surface area contributed by atoms with E-state index in [0.717, 1.165) is 5.56 Å². The number of hydrogen-bond donors (Lipinski definition) is 2. The van der Waals surface area contributed by atoms with Gasteiger partial charge in [0.25, 0.3) is 0 Å². The topological polar surface area (TPSA) is 78.9 Å². The Labute approximate surface area is 123 Å². The minimum Gasteiger partial charge on any atom is -0.507 e. The molecule has 1 saturated heterocycles. The van der Waals surface area contributed by atoms with Gasteiger partial charge in [0.15, 0.2) is 0 Å². The number of phenolic OH excluding ortho intramolecular Hbond substituents is 1. The lowest BCUT2D eigenvalue weighted by atomic mass is 10.1. The number of phenols is 1. The van der Waals surface area contributed by atoms with E-state index in [1.165, 1.54) is 13.2 Å². The monoisotopic (exact) mass is 292 g/mol. The van der Waals surface area contributed by atoms with E-state index in [9.17, 15) is 14.7 Å². The first-order valence-corrected chi connectivity index (χ1v) is 6.92. The van der Waals surface area contributed by atoms with Crippen LogP contribution in [-0.4, -0.2) is 48.1 Å². The smallest absolute Gasteiger partial charge is 0.341 e. The summed E-state index contributed by atoms with van der Waals surface area (Å²) >= 11 is 0. The number of aromatic hydroxyl groups is 1. The maximum atomic E-state index is 11.6. The van der Waals surface area contributed by atoms with Crippen molar-refractivity contribution in [3.8, 4) is 5.75 Å². The van der Waals surface area contributed by atoms with Gasteiger partial charge in [-0.2, -0.15) is 0 Å². The molecule has 6 nitrogen and oxygen atoms in total. The van der Waals surface area contributed by atoms with Gasteiger partial charge in [0.2, 0.25) is 5.91 Å². The van der Waals surface area contributed by atoms with E-state index in [-0.39, 0.29) is 23.3 Å². The molecule has 0 spiro atoms. The quantitative estimate of drug-likeness (QED) is 0.809. The molecule has 114 valence electrons. The predicted molar refractivity (Wildman–Crippen MR) is 76.9 cm³/mol. The second kappa shape index (κ2) is 6.58. The summed E-state index contributed by atoms with van der Waals surface area (Å²) in [7, 11) is 1.28. The van der Waals surface area contributed by atoms with E-state index in [1.807, 2.05) is 6.92 Å². The van der Waals surface area contributed by atoms with Crippen molar-refractivity contribution < 1.29 is 19.4 Å².